The summed E-state index contributed by atoms with van der Waals surface area (Å²) in [5.74, 6) is -1.21. The number of piperazine rings is 1. The smallest absolute Gasteiger partial charge is 0.255 e. The number of likely N-dealkylation sites (N-methyl/N-ethyl adjacent to an activating group) is 1. The molecule has 2 aromatic carbocycles. The fraction of sp³-hybridized carbons (Fsp3) is 0.484. The molecule has 2 aliphatic heterocycles. The quantitative estimate of drug-likeness (QED) is 0.501. The summed E-state index contributed by atoms with van der Waals surface area (Å²) in [7, 11) is 1.65. The first-order chi connectivity index (χ1) is 20.4. The van der Waals surface area contributed by atoms with Gasteiger partial charge in [-0.1, -0.05) is 42.5 Å². The van der Waals surface area contributed by atoms with E-state index in [9.17, 15) is 19.2 Å². The SMILES string of the molecule is CCN1CCOc2ccccc2C(=O)N[C@H](C(=O)N2CCN(CCOC)CC2)CC(=O)N[C@H](Cc2ccccc2)C1=O. The van der Waals surface area contributed by atoms with Crippen LogP contribution in [-0.2, 0) is 25.5 Å². The van der Waals surface area contributed by atoms with Crippen molar-refractivity contribution in [3.05, 3.63) is 65.7 Å². The second kappa shape index (κ2) is 15.3. The molecule has 2 heterocycles. The van der Waals surface area contributed by atoms with Crippen LogP contribution in [0, 0.1) is 0 Å². The Hall–Kier alpha value is -3.96. The maximum Gasteiger partial charge on any atom is 0.255 e. The summed E-state index contributed by atoms with van der Waals surface area (Å²) in [5.41, 5.74) is 1.15. The van der Waals surface area contributed by atoms with E-state index in [4.69, 9.17) is 9.47 Å². The number of carbonyl (C=O) groups excluding carboxylic acids is 4. The Morgan fingerprint density at radius 1 is 0.952 bits per heavy atom. The number of ether oxygens (including phenoxy) is 2. The fourth-order valence-corrected chi connectivity index (χ4v) is 5.25. The van der Waals surface area contributed by atoms with Gasteiger partial charge in [0.05, 0.1) is 25.1 Å². The average molecular weight is 580 g/mol. The molecule has 42 heavy (non-hydrogen) atoms. The molecule has 2 N–H and O–H groups in total. The van der Waals surface area contributed by atoms with Gasteiger partial charge in [-0.05, 0) is 24.6 Å². The van der Waals surface area contributed by atoms with Crippen LogP contribution in [0.3, 0.4) is 0 Å². The highest BCUT2D eigenvalue weighted by Crippen LogP contribution is 2.19. The molecule has 2 aromatic rings. The van der Waals surface area contributed by atoms with Crippen LogP contribution in [-0.4, -0.2) is 117 Å². The van der Waals surface area contributed by atoms with E-state index in [2.05, 4.69) is 15.5 Å². The van der Waals surface area contributed by atoms with Gasteiger partial charge in [-0.15, -0.1) is 0 Å². The van der Waals surface area contributed by atoms with Crippen LogP contribution in [0.4, 0.5) is 0 Å². The van der Waals surface area contributed by atoms with Crippen molar-refractivity contribution < 1.29 is 28.7 Å². The first-order valence-corrected chi connectivity index (χ1v) is 14.5. The number of hydrogen-bond acceptors (Lipinski definition) is 7. The lowest BCUT2D eigenvalue weighted by Gasteiger charge is -2.36. The lowest BCUT2D eigenvalue weighted by atomic mass is 10.0. The highest BCUT2D eigenvalue weighted by molar-refractivity contribution is 6.01. The Morgan fingerprint density at radius 3 is 2.38 bits per heavy atom. The molecule has 11 heteroatoms. The minimum absolute atomic E-state index is 0.158. The van der Waals surface area contributed by atoms with Gasteiger partial charge in [-0.25, -0.2) is 0 Å². The number of rotatable bonds is 7. The molecular weight excluding hydrogens is 538 g/mol. The third kappa shape index (κ3) is 8.29. The van der Waals surface area contributed by atoms with Crippen molar-refractivity contribution in [3.8, 4) is 5.75 Å². The van der Waals surface area contributed by atoms with Gasteiger partial charge in [-0.2, -0.15) is 0 Å². The molecule has 0 radical (unpaired) electrons. The second-order valence-corrected chi connectivity index (χ2v) is 10.5. The Bertz CT molecular complexity index is 1220. The summed E-state index contributed by atoms with van der Waals surface area (Å²) in [6.45, 7) is 6.37. The number of amides is 4. The first kappa shape index (κ1) is 31.0. The van der Waals surface area contributed by atoms with Crippen molar-refractivity contribution in [2.24, 2.45) is 0 Å². The van der Waals surface area contributed by atoms with Crippen LogP contribution in [0.5, 0.6) is 5.75 Å². The minimum Gasteiger partial charge on any atom is -0.491 e. The van der Waals surface area contributed by atoms with Crippen LogP contribution in [0.25, 0.3) is 0 Å². The standard InChI is InChI=1S/C31H41N5O6/c1-3-35-18-20-42-27-12-8-7-11-24(27)29(38)33-26(31(40)36-15-13-34(14-16-36)17-19-41-2)22-28(37)32-25(30(35)39)21-23-9-5-4-6-10-23/h4-12,25-26H,3,13-22H2,1-2H3,(H,32,37)(H,33,38)/t25-,26+/m1/s1. The van der Waals surface area contributed by atoms with E-state index in [0.29, 0.717) is 51.5 Å². The Balaban J connectivity index is 1.59. The number of hydrogen-bond donors (Lipinski definition) is 2. The molecule has 1 fully saturated rings. The highest BCUT2D eigenvalue weighted by atomic mass is 16.5. The number of fused-ring (bicyclic) bond motifs is 1. The number of methoxy groups -OCH3 is 1. The molecule has 0 unspecified atom stereocenters. The number of benzene rings is 2. The van der Waals surface area contributed by atoms with Gasteiger partial charge in [0.15, 0.2) is 0 Å². The second-order valence-electron chi connectivity index (χ2n) is 10.5. The molecular formula is C31H41N5O6. The van der Waals surface area contributed by atoms with Gasteiger partial charge in [0.25, 0.3) is 5.91 Å². The summed E-state index contributed by atoms with van der Waals surface area (Å²) in [6, 6.07) is 14.3. The normalized spacial score (nSPS) is 21.0. The maximum absolute atomic E-state index is 13.7. The summed E-state index contributed by atoms with van der Waals surface area (Å²) in [4.78, 5) is 59.8. The van der Waals surface area contributed by atoms with Gasteiger partial charge in [0.1, 0.15) is 24.4 Å². The molecule has 11 nitrogen and oxygen atoms in total. The van der Waals surface area contributed by atoms with Crippen LogP contribution in [0.15, 0.2) is 54.6 Å². The fourth-order valence-electron chi connectivity index (χ4n) is 5.25. The van der Waals surface area contributed by atoms with E-state index in [1.54, 1.807) is 41.2 Å². The van der Waals surface area contributed by atoms with Crippen molar-refractivity contribution in [2.75, 3.05) is 66.1 Å². The topological polar surface area (TPSA) is 121 Å². The molecule has 0 aromatic heterocycles. The molecule has 0 spiro atoms. The first-order valence-electron chi connectivity index (χ1n) is 14.5. The number of para-hydroxylation sites is 1. The molecule has 2 atom stereocenters. The Morgan fingerprint density at radius 2 is 1.67 bits per heavy atom. The Kier molecular flexibility index (Phi) is 11.3. The maximum atomic E-state index is 13.7. The zero-order chi connectivity index (χ0) is 29.9. The molecule has 4 amide bonds. The third-order valence-electron chi connectivity index (χ3n) is 7.65. The summed E-state index contributed by atoms with van der Waals surface area (Å²) < 4.78 is 11.1. The van der Waals surface area contributed by atoms with E-state index >= 15 is 0 Å². The molecule has 2 aliphatic rings. The number of carbonyl (C=O) groups is 4. The third-order valence-corrected chi connectivity index (χ3v) is 7.65. The summed E-state index contributed by atoms with van der Waals surface area (Å²) in [5, 5.41) is 5.67. The average Bonchev–Trinajstić information content (AvgIpc) is 3.01. The molecule has 0 bridgehead atoms. The van der Waals surface area contributed by atoms with Crippen molar-refractivity contribution in [2.45, 2.75) is 31.8 Å². The van der Waals surface area contributed by atoms with Crippen LogP contribution >= 0.6 is 0 Å². The summed E-state index contributed by atoms with van der Waals surface area (Å²) >= 11 is 0. The van der Waals surface area contributed by atoms with Gasteiger partial charge >= 0.3 is 0 Å². The summed E-state index contributed by atoms with van der Waals surface area (Å²) in [6.07, 6.45) is -0.0117. The Labute approximate surface area is 247 Å². The van der Waals surface area contributed by atoms with E-state index < -0.39 is 23.9 Å². The lowest BCUT2D eigenvalue weighted by Crippen LogP contribution is -2.57. The lowest BCUT2D eigenvalue weighted by molar-refractivity contribution is -0.139. The van der Waals surface area contributed by atoms with Crippen molar-refractivity contribution in [1.82, 2.24) is 25.3 Å². The van der Waals surface area contributed by atoms with Gasteiger partial charge < -0.3 is 29.9 Å². The van der Waals surface area contributed by atoms with Gasteiger partial charge in [-0.3, -0.25) is 24.1 Å². The number of nitrogens with one attached hydrogen (secondary N) is 2. The molecule has 4 rings (SSSR count). The van der Waals surface area contributed by atoms with Crippen LogP contribution < -0.4 is 15.4 Å². The van der Waals surface area contributed by atoms with Crippen molar-refractivity contribution >= 4 is 23.6 Å². The van der Waals surface area contributed by atoms with E-state index in [1.165, 1.54) is 0 Å². The molecule has 0 saturated carbocycles. The highest BCUT2D eigenvalue weighted by Gasteiger charge is 2.33. The predicted octanol–water partition coefficient (Wildman–Crippen LogP) is 0.934. The zero-order valence-electron chi connectivity index (χ0n) is 24.4. The van der Waals surface area contributed by atoms with Gasteiger partial charge in [0, 0.05) is 52.8 Å². The zero-order valence-corrected chi connectivity index (χ0v) is 24.4. The molecule has 226 valence electrons. The van der Waals surface area contributed by atoms with Crippen molar-refractivity contribution in [3.63, 3.8) is 0 Å². The minimum atomic E-state index is -1.12. The monoisotopic (exact) mass is 579 g/mol. The van der Waals surface area contributed by atoms with Crippen LogP contribution in [0.1, 0.15) is 29.3 Å². The molecule has 1 saturated heterocycles. The largest absolute Gasteiger partial charge is 0.491 e. The number of nitrogens with zero attached hydrogens (tertiary/aromatic N) is 3. The predicted molar refractivity (Wildman–Crippen MR) is 157 cm³/mol. The van der Waals surface area contributed by atoms with E-state index in [1.807, 2.05) is 37.3 Å². The van der Waals surface area contributed by atoms with Gasteiger partial charge in [0.2, 0.25) is 17.7 Å². The van der Waals surface area contributed by atoms with E-state index in [-0.39, 0.29) is 37.0 Å². The van der Waals surface area contributed by atoms with Crippen LogP contribution in [0.2, 0.25) is 0 Å². The van der Waals surface area contributed by atoms with Crippen molar-refractivity contribution in [1.29, 1.82) is 0 Å². The molecule has 0 aliphatic carbocycles. The van der Waals surface area contributed by atoms with E-state index in [0.717, 1.165) is 12.1 Å².